The predicted octanol–water partition coefficient (Wildman–Crippen LogP) is 1.96. The monoisotopic (exact) mass is 290 g/mol. The fraction of sp³-hybridized carbons (Fsp3) is 0.308. The van der Waals surface area contributed by atoms with Gasteiger partial charge in [-0.2, -0.15) is 0 Å². The van der Waals surface area contributed by atoms with Gasteiger partial charge < -0.3 is 14.6 Å². The highest BCUT2D eigenvalue weighted by atomic mass is 19.1. The summed E-state index contributed by atoms with van der Waals surface area (Å²) in [7, 11) is 0. The van der Waals surface area contributed by atoms with Gasteiger partial charge in [0.25, 0.3) is 0 Å². The molecule has 0 aliphatic rings. The van der Waals surface area contributed by atoms with E-state index in [9.17, 15) is 23.1 Å². The number of aliphatic hydroxyl groups is 1. The van der Waals surface area contributed by atoms with E-state index in [2.05, 4.69) is 11.3 Å². The minimum Gasteiger partial charge on any atom is -0.485 e. The van der Waals surface area contributed by atoms with E-state index in [1.807, 2.05) is 0 Å². The minimum absolute atomic E-state index is 0.147. The first-order chi connectivity index (χ1) is 9.31. The second-order valence-electron chi connectivity index (χ2n) is 4.04. The summed E-state index contributed by atoms with van der Waals surface area (Å²) in [4.78, 5) is 11.0. The van der Waals surface area contributed by atoms with Gasteiger partial charge in [-0.25, -0.2) is 18.0 Å². The molecule has 0 aliphatic carbocycles. The van der Waals surface area contributed by atoms with Crippen molar-refractivity contribution in [1.29, 1.82) is 0 Å². The summed E-state index contributed by atoms with van der Waals surface area (Å²) < 4.78 is 48.4. The van der Waals surface area contributed by atoms with Gasteiger partial charge >= 0.3 is 5.97 Å². The number of hydrogen-bond acceptors (Lipinski definition) is 4. The van der Waals surface area contributed by atoms with Gasteiger partial charge in [-0.3, -0.25) is 0 Å². The Balaban J connectivity index is 2.51. The van der Waals surface area contributed by atoms with Crippen molar-refractivity contribution in [3.8, 4) is 5.75 Å². The summed E-state index contributed by atoms with van der Waals surface area (Å²) in [6.45, 7) is 3.82. The van der Waals surface area contributed by atoms with Crippen molar-refractivity contribution in [2.45, 2.75) is 13.0 Å². The molecule has 1 aromatic rings. The molecule has 7 heteroatoms. The van der Waals surface area contributed by atoms with Crippen molar-refractivity contribution in [3.05, 3.63) is 41.7 Å². The lowest BCUT2D eigenvalue weighted by atomic mass is 10.3. The Morgan fingerprint density at radius 2 is 1.85 bits per heavy atom. The molecule has 0 spiro atoms. The third kappa shape index (κ3) is 4.58. The lowest BCUT2D eigenvalue weighted by Crippen LogP contribution is -2.25. The summed E-state index contributed by atoms with van der Waals surface area (Å²) >= 11 is 0. The largest absolute Gasteiger partial charge is 0.485 e. The van der Waals surface area contributed by atoms with Gasteiger partial charge in [0, 0.05) is 17.7 Å². The van der Waals surface area contributed by atoms with Gasteiger partial charge in [-0.1, -0.05) is 6.58 Å². The summed E-state index contributed by atoms with van der Waals surface area (Å²) in [5.41, 5.74) is 0.147. The van der Waals surface area contributed by atoms with Crippen LogP contribution in [-0.4, -0.2) is 30.4 Å². The van der Waals surface area contributed by atoms with Crippen LogP contribution in [0.15, 0.2) is 24.3 Å². The van der Waals surface area contributed by atoms with Crippen molar-refractivity contribution < 1.29 is 32.5 Å². The van der Waals surface area contributed by atoms with E-state index in [4.69, 9.17) is 4.74 Å². The highest BCUT2D eigenvalue weighted by molar-refractivity contribution is 5.86. The van der Waals surface area contributed by atoms with E-state index in [0.29, 0.717) is 12.1 Å². The van der Waals surface area contributed by atoms with Crippen LogP contribution in [0.4, 0.5) is 13.2 Å². The van der Waals surface area contributed by atoms with Crippen LogP contribution in [-0.2, 0) is 9.53 Å². The van der Waals surface area contributed by atoms with Crippen LogP contribution in [0.5, 0.6) is 5.75 Å². The van der Waals surface area contributed by atoms with Crippen LogP contribution >= 0.6 is 0 Å². The number of carbonyl (C=O) groups excluding carboxylic acids is 1. The van der Waals surface area contributed by atoms with Crippen LogP contribution in [0, 0.1) is 17.5 Å². The lowest BCUT2D eigenvalue weighted by molar-refractivity contribution is -0.142. The lowest BCUT2D eigenvalue weighted by Gasteiger charge is -2.13. The number of carbonyl (C=O) groups is 1. The van der Waals surface area contributed by atoms with Gasteiger partial charge in [0.2, 0.25) is 0 Å². The van der Waals surface area contributed by atoms with Crippen molar-refractivity contribution in [3.63, 3.8) is 0 Å². The zero-order valence-electron chi connectivity index (χ0n) is 10.7. The molecule has 0 aliphatic heterocycles. The molecule has 0 saturated carbocycles. The molecule has 1 atom stereocenters. The van der Waals surface area contributed by atoms with E-state index in [0.717, 1.165) is 0 Å². The Labute approximate surface area is 113 Å². The number of benzene rings is 1. The maximum absolute atomic E-state index is 13.2. The third-order valence-electron chi connectivity index (χ3n) is 2.14. The van der Waals surface area contributed by atoms with E-state index in [1.165, 1.54) is 6.92 Å². The summed E-state index contributed by atoms with van der Waals surface area (Å²) in [6.07, 6.45) is -1.29. The molecule has 0 radical (unpaired) electrons. The summed E-state index contributed by atoms with van der Waals surface area (Å²) in [6, 6.07) is 0.901. The Bertz CT molecular complexity index is 493. The number of hydrogen-bond donors (Lipinski definition) is 1. The molecule has 4 nitrogen and oxygen atoms in total. The molecule has 1 rings (SSSR count). The molecule has 0 saturated heterocycles. The quantitative estimate of drug-likeness (QED) is 0.643. The van der Waals surface area contributed by atoms with E-state index >= 15 is 0 Å². The van der Waals surface area contributed by atoms with Crippen LogP contribution in [0.1, 0.15) is 6.92 Å². The molecular formula is C13H13F3O4. The highest BCUT2D eigenvalue weighted by Gasteiger charge is 2.16. The molecule has 1 aromatic carbocycles. The maximum Gasteiger partial charge on any atom is 0.333 e. The molecule has 0 fully saturated rings. The normalized spacial score (nSPS) is 11.8. The van der Waals surface area contributed by atoms with Gasteiger partial charge in [0.05, 0.1) is 0 Å². The molecule has 110 valence electrons. The Hall–Kier alpha value is -2.02. The number of esters is 1. The van der Waals surface area contributed by atoms with E-state index in [1.54, 1.807) is 0 Å². The SMILES string of the molecule is C=C(C)C(=O)OCC(O)COc1c(F)cc(F)cc1F. The fourth-order valence-electron chi connectivity index (χ4n) is 1.19. The van der Waals surface area contributed by atoms with Crippen molar-refractivity contribution in [2.24, 2.45) is 0 Å². The smallest absolute Gasteiger partial charge is 0.333 e. The molecule has 0 aromatic heterocycles. The summed E-state index contributed by atoms with van der Waals surface area (Å²) in [5, 5.41) is 9.43. The van der Waals surface area contributed by atoms with Crippen molar-refractivity contribution in [2.75, 3.05) is 13.2 Å². The average molecular weight is 290 g/mol. The van der Waals surface area contributed by atoms with Crippen LogP contribution in [0.2, 0.25) is 0 Å². The highest BCUT2D eigenvalue weighted by Crippen LogP contribution is 2.22. The maximum atomic E-state index is 13.2. The average Bonchev–Trinajstić information content (AvgIpc) is 2.34. The second-order valence-corrected chi connectivity index (χ2v) is 4.04. The van der Waals surface area contributed by atoms with Gasteiger partial charge in [0.15, 0.2) is 17.4 Å². The summed E-state index contributed by atoms with van der Waals surface area (Å²) in [5.74, 6) is -5.05. The van der Waals surface area contributed by atoms with Crippen molar-refractivity contribution >= 4 is 5.97 Å². The first-order valence-electron chi connectivity index (χ1n) is 5.59. The number of rotatable bonds is 6. The molecule has 0 amide bonds. The Morgan fingerprint density at radius 3 is 2.35 bits per heavy atom. The first-order valence-corrected chi connectivity index (χ1v) is 5.59. The third-order valence-corrected chi connectivity index (χ3v) is 2.14. The van der Waals surface area contributed by atoms with Gasteiger partial charge in [0.1, 0.15) is 25.1 Å². The fourth-order valence-corrected chi connectivity index (χ4v) is 1.19. The number of aliphatic hydroxyl groups excluding tert-OH is 1. The van der Waals surface area contributed by atoms with Crippen LogP contribution < -0.4 is 4.74 Å². The van der Waals surface area contributed by atoms with Crippen LogP contribution in [0.3, 0.4) is 0 Å². The van der Waals surface area contributed by atoms with Crippen LogP contribution in [0.25, 0.3) is 0 Å². The zero-order chi connectivity index (χ0) is 15.3. The molecular weight excluding hydrogens is 277 g/mol. The minimum atomic E-state index is -1.29. The van der Waals surface area contributed by atoms with Crippen molar-refractivity contribution in [1.82, 2.24) is 0 Å². The zero-order valence-corrected chi connectivity index (χ0v) is 10.7. The Morgan fingerprint density at radius 1 is 1.30 bits per heavy atom. The predicted molar refractivity (Wildman–Crippen MR) is 63.6 cm³/mol. The molecule has 20 heavy (non-hydrogen) atoms. The second kappa shape index (κ2) is 6.95. The van der Waals surface area contributed by atoms with E-state index < -0.39 is 48.5 Å². The van der Waals surface area contributed by atoms with E-state index in [-0.39, 0.29) is 5.57 Å². The molecule has 1 N–H and O–H groups in total. The number of ether oxygens (including phenoxy) is 2. The Kier molecular flexibility index (Phi) is 5.57. The molecule has 1 unspecified atom stereocenters. The topological polar surface area (TPSA) is 55.8 Å². The molecule has 0 heterocycles. The first kappa shape index (κ1) is 16.0. The number of halogens is 3. The van der Waals surface area contributed by atoms with Gasteiger partial charge in [-0.05, 0) is 6.92 Å². The standard InChI is InChI=1S/C13H13F3O4/c1-7(2)13(18)20-6-9(17)5-19-12-10(15)3-8(14)4-11(12)16/h3-4,9,17H,1,5-6H2,2H3. The van der Waals surface area contributed by atoms with Gasteiger partial charge in [-0.15, -0.1) is 0 Å². The molecule has 0 bridgehead atoms.